The molecule has 0 spiro atoms. The van der Waals surface area contributed by atoms with Crippen molar-refractivity contribution in [1.82, 2.24) is 0 Å². The van der Waals surface area contributed by atoms with E-state index in [-0.39, 0.29) is 11.1 Å². The summed E-state index contributed by atoms with van der Waals surface area (Å²) in [4.78, 5) is 22.8. The largest absolute Gasteiger partial charge is 0.466 e. The lowest BCUT2D eigenvalue weighted by Crippen LogP contribution is -2.40. The molecule has 1 aliphatic carbocycles. The van der Waals surface area contributed by atoms with Crippen molar-refractivity contribution in [3.63, 3.8) is 0 Å². The van der Waals surface area contributed by atoms with Crippen LogP contribution in [0.2, 0.25) is 0 Å². The number of methoxy groups -OCH3 is 1. The highest BCUT2D eigenvalue weighted by Crippen LogP contribution is 2.34. The molecule has 3 nitrogen and oxygen atoms in total. The Balaban J connectivity index is 2.48. The standard InChI is InChI=1S/C11H8F2O3/c1-16-10(15)11(13)5-6-4-7(12)2-3-8(6)9(11)14/h2-4H,5H2,1H3/t11-/m0/s1. The van der Waals surface area contributed by atoms with Crippen LogP contribution in [0, 0.1) is 5.82 Å². The van der Waals surface area contributed by atoms with Crippen LogP contribution in [-0.2, 0) is 16.0 Å². The van der Waals surface area contributed by atoms with Crippen LogP contribution in [0.4, 0.5) is 8.78 Å². The molecule has 0 heterocycles. The summed E-state index contributed by atoms with van der Waals surface area (Å²) >= 11 is 0. The Morgan fingerprint density at radius 2 is 2.19 bits per heavy atom. The predicted octanol–water partition coefficient (Wildman–Crippen LogP) is 1.45. The van der Waals surface area contributed by atoms with Crippen LogP contribution in [0.1, 0.15) is 15.9 Å². The van der Waals surface area contributed by atoms with Crippen molar-refractivity contribution < 1.29 is 23.1 Å². The maximum atomic E-state index is 14.1. The molecule has 2 rings (SSSR count). The Labute approximate surface area is 90.0 Å². The van der Waals surface area contributed by atoms with E-state index in [1.807, 2.05) is 0 Å². The fourth-order valence-corrected chi connectivity index (χ4v) is 1.81. The lowest BCUT2D eigenvalue weighted by atomic mass is 10.0. The van der Waals surface area contributed by atoms with Crippen molar-refractivity contribution in [2.75, 3.05) is 7.11 Å². The van der Waals surface area contributed by atoms with Crippen LogP contribution < -0.4 is 0 Å². The number of Topliss-reactive ketones (excluding diaryl/α,β-unsaturated/α-hetero) is 1. The molecular formula is C11H8F2O3. The van der Waals surface area contributed by atoms with Gasteiger partial charge in [-0.05, 0) is 23.8 Å². The molecule has 1 atom stereocenters. The minimum Gasteiger partial charge on any atom is -0.466 e. The number of hydrogen-bond acceptors (Lipinski definition) is 3. The van der Waals surface area contributed by atoms with Gasteiger partial charge in [-0.2, -0.15) is 0 Å². The van der Waals surface area contributed by atoms with Gasteiger partial charge in [-0.1, -0.05) is 0 Å². The third kappa shape index (κ3) is 1.31. The summed E-state index contributed by atoms with van der Waals surface area (Å²) in [6.07, 6.45) is -0.467. The van der Waals surface area contributed by atoms with Crippen LogP contribution >= 0.6 is 0 Å². The molecule has 0 radical (unpaired) electrons. The molecule has 16 heavy (non-hydrogen) atoms. The van der Waals surface area contributed by atoms with E-state index >= 15 is 0 Å². The molecule has 0 amide bonds. The van der Waals surface area contributed by atoms with Gasteiger partial charge >= 0.3 is 5.97 Å². The maximum Gasteiger partial charge on any atom is 0.352 e. The van der Waals surface area contributed by atoms with Crippen molar-refractivity contribution in [3.8, 4) is 0 Å². The molecule has 5 heteroatoms. The molecule has 1 aromatic rings. The van der Waals surface area contributed by atoms with Gasteiger partial charge < -0.3 is 4.74 Å². The summed E-state index contributed by atoms with van der Waals surface area (Å²) < 4.78 is 31.2. The highest BCUT2D eigenvalue weighted by molar-refractivity contribution is 6.18. The fourth-order valence-electron chi connectivity index (χ4n) is 1.81. The van der Waals surface area contributed by atoms with Gasteiger partial charge in [-0.3, -0.25) is 4.79 Å². The number of ether oxygens (including phenoxy) is 1. The summed E-state index contributed by atoms with van der Waals surface area (Å²) in [5.74, 6) is -2.77. The second-order valence-corrected chi connectivity index (χ2v) is 3.60. The third-order valence-corrected chi connectivity index (χ3v) is 2.61. The fraction of sp³-hybridized carbons (Fsp3) is 0.273. The molecular weight excluding hydrogens is 218 g/mol. The van der Waals surface area contributed by atoms with E-state index in [1.165, 1.54) is 6.07 Å². The van der Waals surface area contributed by atoms with Gasteiger partial charge in [0.2, 0.25) is 5.78 Å². The first-order valence-electron chi connectivity index (χ1n) is 4.59. The zero-order valence-electron chi connectivity index (χ0n) is 8.42. The highest BCUT2D eigenvalue weighted by atomic mass is 19.1. The average molecular weight is 226 g/mol. The molecule has 1 aliphatic rings. The predicted molar refractivity (Wildman–Crippen MR) is 50.3 cm³/mol. The SMILES string of the molecule is COC(=O)[C@]1(F)Cc2cc(F)ccc2C1=O. The van der Waals surface area contributed by atoms with Crippen LogP contribution in [0.5, 0.6) is 0 Å². The van der Waals surface area contributed by atoms with Crippen LogP contribution in [0.15, 0.2) is 18.2 Å². The number of alkyl halides is 1. The first kappa shape index (κ1) is 10.7. The highest BCUT2D eigenvalue weighted by Gasteiger charge is 2.53. The molecule has 0 aliphatic heterocycles. The molecule has 0 saturated heterocycles. The van der Waals surface area contributed by atoms with E-state index in [0.717, 1.165) is 19.2 Å². The van der Waals surface area contributed by atoms with Crippen molar-refractivity contribution in [1.29, 1.82) is 0 Å². The quantitative estimate of drug-likeness (QED) is 0.537. The van der Waals surface area contributed by atoms with Gasteiger partial charge in [0.1, 0.15) is 5.82 Å². The van der Waals surface area contributed by atoms with Crippen molar-refractivity contribution in [2.45, 2.75) is 12.1 Å². The number of hydrogen-bond donors (Lipinski definition) is 0. The lowest BCUT2D eigenvalue weighted by molar-refractivity contribution is -0.150. The summed E-state index contributed by atoms with van der Waals surface area (Å²) in [7, 11) is 1.00. The Hall–Kier alpha value is -1.78. The van der Waals surface area contributed by atoms with Crippen molar-refractivity contribution in [3.05, 3.63) is 35.1 Å². The molecule has 0 bridgehead atoms. The van der Waals surface area contributed by atoms with E-state index in [0.29, 0.717) is 0 Å². The van der Waals surface area contributed by atoms with E-state index < -0.39 is 29.7 Å². The first-order valence-corrected chi connectivity index (χ1v) is 4.59. The van der Waals surface area contributed by atoms with Crippen LogP contribution in [0.25, 0.3) is 0 Å². The van der Waals surface area contributed by atoms with E-state index in [9.17, 15) is 18.4 Å². The Bertz CT molecular complexity index is 484. The van der Waals surface area contributed by atoms with Crippen molar-refractivity contribution >= 4 is 11.8 Å². The maximum absolute atomic E-state index is 14.1. The van der Waals surface area contributed by atoms with Gasteiger partial charge in [0, 0.05) is 12.0 Å². The molecule has 84 valence electrons. The van der Waals surface area contributed by atoms with E-state index in [1.54, 1.807) is 0 Å². The smallest absolute Gasteiger partial charge is 0.352 e. The molecule has 0 N–H and O–H groups in total. The van der Waals surface area contributed by atoms with Gasteiger partial charge in [-0.25, -0.2) is 13.6 Å². The molecule has 1 aromatic carbocycles. The first-order chi connectivity index (χ1) is 7.49. The van der Waals surface area contributed by atoms with Gasteiger partial charge in [0.05, 0.1) is 7.11 Å². The monoisotopic (exact) mass is 226 g/mol. The minimum atomic E-state index is -2.70. The number of ketones is 1. The number of fused-ring (bicyclic) bond motifs is 1. The minimum absolute atomic E-state index is 0.0364. The normalized spacial score (nSPS) is 23.1. The summed E-state index contributed by atoms with van der Waals surface area (Å²) in [6.45, 7) is 0. The number of carbonyl (C=O) groups excluding carboxylic acids is 2. The van der Waals surface area contributed by atoms with Gasteiger partial charge in [-0.15, -0.1) is 0 Å². The molecule has 0 unspecified atom stereocenters. The zero-order chi connectivity index (χ0) is 11.9. The van der Waals surface area contributed by atoms with E-state index in [4.69, 9.17) is 0 Å². The topological polar surface area (TPSA) is 43.4 Å². The summed E-state index contributed by atoms with van der Waals surface area (Å²) in [5, 5.41) is 0. The summed E-state index contributed by atoms with van der Waals surface area (Å²) in [5.41, 5.74) is -2.47. The summed E-state index contributed by atoms with van der Waals surface area (Å²) in [6, 6.07) is 3.29. The number of halogens is 2. The Morgan fingerprint density at radius 3 is 2.81 bits per heavy atom. The number of rotatable bonds is 1. The molecule has 0 fully saturated rings. The van der Waals surface area contributed by atoms with Crippen LogP contribution in [-0.4, -0.2) is 24.5 Å². The number of benzene rings is 1. The molecule has 0 aromatic heterocycles. The van der Waals surface area contributed by atoms with Gasteiger partial charge in [0.15, 0.2) is 0 Å². The second-order valence-electron chi connectivity index (χ2n) is 3.60. The van der Waals surface area contributed by atoms with Crippen molar-refractivity contribution in [2.24, 2.45) is 0 Å². The zero-order valence-corrected chi connectivity index (χ0v) is 8.42. The Kier molecular flexibility index (Phi) is 2.26. The molecule has 0 saturated carbocycles. The van der Waals surface area contributed by atoms with Crippen LogP contribution in [0.3, 0.4) is 0 Å². The third-order valence-electron chi connectivity index (χ3n) is 2.61. The van der Waals surface area contributed by atoms with E-state index in [2.05, 4.69) is 4.74 Å². The number of esters is 1. The van der Waals surface area contributed by atoms with Gasteiger partial charge in [0.25, 0.3) is 5.67 Å². The lowest BCUT2D eigenvalue weighted by Gasteiger charge is -2.13. The second kappa shape index (κ2) is 3.37. The Morgan fingerprint density at radius 1 is 1.50 bits per heavy atom. The average Bonchev–Trinajstić information content (AvgIpc) is 2.51. The number of carbonyl (C=O) groups is 2.